The Hall–Kier alpha value is -6.05. The number of aliphatic carboxylic acids is 1. The maximum Gasteiger partial charge on any atom is 0.416 e. The lowest BCUT2D eigenvalue weighted by Gasteiger charge is -2.21. The number of nitrogens with zero attached hydrogens (tertiary/aromatic N) is 4. The van der Waals surface area contributed by atoms with Gasteiger partial charge in [-0.05, 0) is 71.8 Å². The second-order valence-corrected chi connectivity index (χ2v) is 10.2. The normalized spacial score (nSPS) is 11.1. The quantitative estimate of drug-likeness (QED) is 0.184. The van der Waals surface area contributed by atoms with Crippen molar-refractivity contribution in [2.24, 2.45) is 0 Å². The molecule has 11 nitrogen and oxygen atoms in total. The number of anilines is 1. The molecule has 0 spiro atoms. The summed E-state index contributed by atoms with van der Waals surface area (Å²) in [6.45, 7) is -0.612. The molecule has 0 bridgehead atoms. The zero-order valence-corrected chi connectivity index (χ0v) is 24.7. The average Bonchev–Trinajstić information content (AvgIpc) is 3.55. The predicted molar refractivity (Wildman–Crippen MR) is 162 cm³/mol. The van der Waals surface area contributed by atoms with Crippen molar-refractivity contribution in [3.63, 3.8) is 0 Å². The highest BCUT2D eigenvalue weighted by molar-refractivity contribution is 5.97. The van der Waals surface area contributed by atoms with Crippen molar-refractivity contribution in [1.82, 2.24) is 20.0 Å². The number of carboxylic acid groups (broad SMARTS) is 1. The van der Waals surface area contributed by atoms with Crippen molar-refractivity contribution in [3.05, 3.63) is 114 Å². The molecule has 240 valence electrons. The first-order valence-corrected chi connectivity index (χ1v) is 14.0. The molecule has 3 aromatic carbocycles. The van der Waals surface area contributed by atoms with Crippen molar-refractivity contribution in [1.29, 1.82) is 0 Å². The summed E-state index contributed by atoms with van der Waals surface area (Å²) >= 11 is 0. The number of pyridine rings is 1. The van der Waals surface area contributed by atoms with E-state index >= 15 is 0 Å². The number of rotatable bonds is 11. The fourth-order valence-electron chi connectivity index (χ4n) is 4.65. The predicted octanol–water partition coefficient (Wildman–Crippen LogP) is 5.73. The fraction of sp³-hybridized carbons (Fsp3) is 0.152. The highest BCUT2D eigenvalue weighted by Crippen LogP contribution is 2.35. The zero-order valence-electron chi connectivity index (χ0n) is 24.7. The van der Waals surface area contributed by atoms with E-state index in [1.165, 1.54) is 43.5 Å². The largest absolute Gasteiger partial charge is 0.497 e. The molecule has 0 aliphatic carbocycles. The number of methoxy groups -OCH3 is 1. The number of hydrogen-bond donors (Lipinski definition) is 2. The van der Waals surface area contributed by atoms with E-state index < -0.39 is 42.5 Å². The van der Waals surface area contributed by atoms with Gasteiger partial charge in [0.25, 0.3) is 11.8 Å². The van der Waals surface area contributed by atoms with Crippen molar-refractivity contribution in [2.75, 3.05) is 19.0 Å². The first-order chi connectivity index (χ1) is 22.5. The van der Waals surface area contributed by atoms with Crippen LogP contribution in [0.2, 0.25) is 0 Å². The number of benzene rings is 3. The Balaban J connectivity index is 1.24. The minimum absolute atomic E-state index is 0.00942. The van der Waals surface area contributed by atoms with Crippen LogP contribution in [0.25, 0.3) is 22.8 Å². The molecule has 5 rings (SSSR count). The van der Waals surface area contributed by atoms with Gasteiger partial charge < -0.3 is 24.6 Å². The summed E-state index contributed by atoms with van der Waals surface area (Å²) < 4.78 is 50.8. The van der Waals surface area contributed by atoms with Crippen LogP contribution in [0.1, 0.15) is 27.0 Å². The number of aromatic nitrogens is 3. The third kappa shape index (κ3) is 8.16. The molecule has 2 amide bonds. The number of carbonyl (C=O) groups is 3. The van der Waals surface area contributed by atoms with Gasteiger partial charge in [0, 0.05) is 41.3 Å². The molecule has 0 saturated heterocycles. The smallest absolute Gasteiger partial charge is 0.416 e. The molecule has 47 heavy (non-hydrogen) atoms. The molecular formula is C33H26F3N5O6. The summed E-state index contributed by atoms with van der Waals surface area (Å²) in [5.41, 5.74) is 1.11. The Morgan fingerprint density at radius 2 is 1.72 bits per heavy atom. The number of carboxylic acids is 1. The van der Waals surface area contributed by atoms with Crippen molar-refractivity contribution in [3.8, 4) is 28.6 Å². The average molecular weight is 646 g/mol. The van der Waals surface area contributed by atoms with Gasteiger partial charge in [0.15, 0.2) is 0 Å². The van der Waals surface area contributed by atoms with E-state index in [0.29, 0.717) is 22.5 Å². The topological polar surface area (TPSA) is 148 Å². The molecule has 0 radical (unpaired) electrons. The summed E-state index contributed by atoms with van der Waals surface area (Å²) in [5, 5.41) is 15.9. The monoisotopic (exact) mass is 645 g/mol. The second-order valence-electron chi connectivity index (χ2n) is 10.2. The summed E-state index contributed by atoms with van der Waals surface area (Å²) in [5.74, 6) is -1.86. The Morgan fingerprint density at radius 1 is 0.979 bits per heavy atom. The van der Waals surface area contributed by atoms with Gasteiger partial charge in [-0.1, -0.05) is 23.4 Å². The van der Waals surface area contributed by atoms with Crippen molar-refractivity contribution < 1.29 is 41.9 Å². The first-order valence-electron chi connectivity index (χ1n) is 14.0. The minimum Gasteiger partial charge on any atom is -0.497 e. The van der Waals surface area contributed by atoms with Crippen LogP contribution in [-0.4, -0.2) is 56.6 Å². The van der Waals surface area contributed by atoms with Crippen LogP contribution < -0.4 is 10.1 Å². The lowest BCUT2D eigenvalue weighted by Crippen LogP contribution is -2.35. The van der Waals surface area contributed by atoms with Crippen molar-refractivity contribution in [2.45, 2.75) is 19.1 Å². The van der Waals surface area contributed by atoms with E-state index in [4.69, 9.17) is 9.26 Å². The number of amides is 2. The Bertz CT molecular complexity index is 1880. The van der Waals surface area contributed by atoms with Crippen LogP contribution in [0.4, 0.5) is 18.9 Å². The van der Waals surface area contributed by atoms with Gasteiger partial charge in [0.05, 0.1) is 19.1 Å². The molecule has 2 aromatic heterocycles. The Labute approximate surface area is 265 Å². The van der Waals surface area contributed by atoms with Crippen LogP contribution in [0, 0.1) is 0 Å². The van der Waals surface area contributed by atoms with Gasteiger partial charge in [-0.2, -0.15) is 18.2 Å². The van der Waals surface area contributed by atoms with Crippen LogP contribution in [0.5, 0.6) is 5.75 Å². The second kappa shape index (κ2) is 13.9. The van der Waals surface area contributed by atoms with Gasteiger partial charge >= 0.3 is 12.1 Å². The van der Waals surface area contributed by atoms with Gasteiger partial charge in [-0.15, -0.1) is 0 Å². The van der Waals surface area contributed by atoms with Gasteiger partial charge in [0.2, 0.25) is 11.7 Å². The van der Waals surface area contributed by atoms with Gasteiger partial charge in [-0.3, -0.25) is 19.4 Å². The van der Waals surface area contributed by atoms with Crippen LogP contribution >= 0.6 is 0 Å². The highest BCUT2D eigenvalue weighted by Gasteiger charge is 2.34. The number of halogens is 3. The van der Waals surface area contributed by atoms with E-state index in [2.05, 4.69) is 20.4 Å². The van der Waals surface area contributed by atoms with Gasteiger partial charge in [0.1, 0.15) is 12.3 Å². The lowest BCUT2D eigenvalue weighted by atomic mass is 10.0. The minimum atomic E-state index is -4.69. The molecule has 0 unspecified atom stereocenters. The summed E-state index contributed by atoms with van der Waals surface area (Å²) in [4.78, 5) is 47.0. The fourth-order valence-corrected chi connectivity index (χ4v) is 4.65. The number of carbonyl (C=O) groups excluding carboxylic acids is 2. The number of alkyl halides is 3. The zero-order chi connectivity index (χ0) is 33.6. The van der Waals surface area contributed by atoms with Crippen LogP contribution in [0.15, 0.2) is 95.8 Å². The van der Waals surface area contributed by atoms with Gasteiger partial charge in [-0.25, -0.2) is 0 Å². The van der Waals surface area contributed by atoms with E-state index in [0.717, 1.165) is 11.0 Å². The molecule has 0 fully saturated rings. The highest BCUT2D eigenvalue weighted by atomic mass is 19.4. The molecule has 5 aromatic rings. The number of hydrogen-bond acceptors (Lipinski definition) is 8. The molecule has 2 heterocycles. The van der Waals surface area contributed by atoms with E-state index in [1.807, 2.05) is 0 Å². The van der Waals surface area contributed by atoms with Crippen LogP contribution in [0.3, 0.4) is 0 Å². The van der Waals surface area contributed by atoms with E-state index in [-0.39, 0.29) is 35.0 Å². The SMILES string of the molecule is COc1ccc(CC(=O)Nc2ccc(C(=O)N(CC(=O)O)Cc3ccc(-c4nc(-c5cccnc5)no4)cc3)cc2)c(C(F)(F)F)c1. The molecule has 2 N–H and O–H groups in total. The number of ether oxygens (including phenoxy) is 1. The number of nitrogens with one attached hydrogen (secondary N) is 1. The van der Waals surface area contributed by atoms with Crippen molar-refractivity contribution >= 4 is 23.5 Å². The molecule has 14 heteroatoms. The third-order valence-corrected chi connectivity index (χ3v) is 6.92. The molecule has 0 aliphatic heterocycles. The Kier molecular flexibility index (Phi) is 9.59. The summed E-state index contributed by atoms with van der Waals surface area (Å²) in [6.07, 6.45) is -2.00. The molecular weight excluding hydrogens is 619 g/mol. The lowest BCUT2D eigenvalue weighted by molar-refractivity contribution is -0.139. The summed E-state index contributed by atoms with van der Waals surface area (Å²) in [7, 11) is 1.24. The molecule has 0 atom stereocenters. The standard InChI is InChI=1S/C33H26F3N5O6/c1-46-26-13-10-23(27(16-26)33(34,35)36)15-28(42)38-25-11-8-22(9-12-25)32(45)41(19-29(43)44)18-20-4-6-21(7-5-20)31-39-30(40-47-31)24-3-2-14-37-17-24/h2-14,16-17H,15,18-19H2,1H3,(H,38,42)(H,43,44). The Morgan fingerprint density at radius 3 is 2.36 bits per heavy atom. The first kappa shape index (κ1) is 32.3. The van der Waals surface area contributed by atoms with E-state index in [1.54, 1.807) is 48.8 Å². The van der Waals surface area contributed by atoms with E-state index in [9.17, 15) is 32.7 Å². The summed E-state index contributed by atoms with van der Waals surface area (Å²) in [6, 6.07) is 19.3. The molecule has 0 aliphatic rings. The maximum absolute atomic E-state index is 13.5. The third-order valence-electron chi connectivity index (χ3n) is 6.92. The molecule has 0 saturated carbocycles. The van der Waals surface area contributed by atoms with Crippen LogP contribution in [-0.2, 0) is 28.7 Å². The maximum atomic E-state index is 13.5.